The Bertz CT molecular complexity index is 546. The number of rotatable bonds is 5. The summed E-state index contributed by atoms with van der Waals surface area (Å²) in [7, 11) is -2.84. The van der Waals surface area contributed by atoms with Gasteiger partial charge in [0.1, 0.15) is 10.0 Å². The van der Waals surface area contributed by atoms with Crippen LogP contribution >= 0.6 is 11.3 Å². The second kappa shape index (κ2) is 6.07. The second-order valence-electron chi connectivity index (χ2n) is 6.41. The topological polar surface area (TPSA) is 72.0 Å². The molecule has 0 aliphatic carbocycles. The highest BCUT2D eigenvalue weighted by molar-refractivity contribution is 7.91. The molecular formula is C13H23N3O2S2. The summed E-state index contributed by atoms with van der Waals surface area (Å²) in [5, 5.41) is 13.7. The highest BCUT2D eigenvalue weighted by Crippen LogP contribution is 2.30. The summed E-state index contributed by atoms with van der Waals surface area (Å²) in [6, 6.07) is 0. The summed E-state index contributed by atoms with van der Waals surface area (Å²) in [6.07, 6.45) is 2.62. The van der Waals surface area contributed by atoms with Gasteiger partial charge in [-0.2, -0.15) is 0 Å². The molecule has 1 atom stereocenters. The van der Waals surface area contributed by atoms with Gasteiger partial charge in [-0.05, 0) is 40.2 Å². The first-order valence-corrected chi connectivity index (χ1v) is 9.67. The van der Waals surface area contributed by atoms with E-state index >= 15 is 0 Å². The molecule has 1 aliphatic rings. The average Bonchev–Trinajstić information content (AvgIpc) is 2.89. The molecule has 1 fully saturated rings. The summed E-state index contributed by atoms with van der Waals surface area (Å²) in [5.41, 5.74) is 0.143. The lowest BCUT2D eigenvalue weighted by Gasteiger charge is -2.20. The van der Waals surface area contributed by atoms with Crippen molar-refractivity contribution < 1.29 is 8.42 Å². The number of sulfone groups is 1. The fraction of sp³-hybridized carbons (Fsp3) is 0.846. The zero-order valence-corrected chi connectivity index (χ0v) is 14.0. The predicted octanol–water partition coefficient (Wildman–Crippen LogP) is 1.76. The van der Waals surface area contributed by atoms with Crippen molar-refractivity contribution in [2.75, 3.05) is 18.1 Å². The zero-order chi connectivity index (χ0) is 14.8. The van der Waals surface area contributed by atoms with Gasteiger partial charge in [0.05, 0.1) is 11.5 Å². The fourth-order valence-electron chi connectivity index (χ4n) is 2.23. The monoisotopic (exact) mass is 317 g/mol. The van der Waals surface area contributed by atoms with Crippen molar-refractivity contribution >= 4 is 21.2 Å². The van der Waals surface area contributed by atoms with Gasteiger partial charge in [0.15, 0.2) is 9.84 Å². The van der Waals surface area contributed by atoms with Gasteiger partial charge in [0.2, 0.25) is 0 Å². The summed E-state index contributed by atoms with van der Waals surface area (Å²) >= 11 is 1.57. The molecule has 1 aromatic heterocycles. The van der Waals surface area contributed by atoms with Crippen LogP contribution in [0.25, 0.3) is 0 Å². The van der Waals surface area contributed by atoms with Crippen molar-refractivity contribution in [2.45, 2.75) is 51.5 Å². The van der Waals surface area contributed by atoms with Crippen molar-refractivity contribution in [3.05, 3.63) is 10.0 Å². The van der Waals surface area contributed by atoms with Gasteiger partial charge < -0.3 is 5.32 Å². The molecule has 0 amide bonds. The zero-order valence-electron chi connectivity index (χ0n) is 12.3. The summed E-state index contributed by atoms with van der Waals surface area (Å²) < 4.78 is 22.9. The summed E-state index contributed by atoms with van der Waals surface area (Å²) in [6.45, 7) is 7.40. The fourth-order valence-corrected chi connectivity index (χ4v) is 5.10. The van der Waals surface area contributed by atoms with Crippen LogP contribution in [0.2, 0.25) is 0 Å². The largest absolute Gasteiger partial charge is 0.312 e. The van der Waals surface area contributed by atoms with Gasteiger partial charge in [-0.3, -0.25) is 0 Å². The third-order valence-corrected chi connectivity index (χ3v) is 6.20. The van der Waals surface area contributed by atoms with Gasteiger partial charge in [-0.25, -0.2) is 8.42 Å². The summed E-state index contributed by atoms with van der Waals surface area (Å²) in [5.74, 6) is 0.605. The van der Waals surface area contributed by atoms with Gasteiger partial charge in [-0.1, -0.05) is 0 Å². The Balaban J connectivity index is 1.81. The van der Waals surface area contributed by atoms with E-state index in [0.717, 1.165) is 29.4 Å². The lowest BCUT2D eigenvalue weighted by molar-refractivity contribution is 0.422. The number of hydrogen-bond acceptors (Lipinski definition) is 6. The highest BCUT2D eigenvalue weighted by Gasteiger charge is 2.31. The molecule has 2 heterocycles. The smallest absolute Gasteiger partial charge is 0.151 e. The van der Waals surface area contributed by atoms with Crippen LogP contribution in [-0.2, 0) is 16.3 Å². The van der Waals surface area contributed by atoms with E-state index in [1.165, 1.54) is 0 Å². The normalized spacial score (nSPS) is 22.2. The van der Waals surface area contributed by atoms with Crippen LogP contribution in [0.15, 0.2) is 0 Å². The Morgan fingerprint density at radius 1 is 1.35 bits per heavy atom. The first kappa shape index (κ1) is 15.9. The predicted molar refractivity (Wildman–Crippen MR) is 82.0 cm³/mol. The quantitative estimate of drug-likeness (QED) is 0.838. The minimum atomic E-state index is -2.84. The number of nitrogens with zero attached hydrogens (tertiary/aromatic N) is 2. The molecule has 0 aromatic carbocycles. The Kier molecular flexibility index (Phi) is 4.81. The maximum Gasteiger partial charge on any atom is 0.151 e. The van der Waals surface area contributed by atoms with Gasteiger partial charge in [-0.15, -0.1) is 21.5 Å². The summed E-state index contributed by atoms with van der Waals surface area (Å²) in [4.78, 5) is 0. The highest BCUT2D eigenvalue weighted by atomic mass is 32.2. The SMILES string of the molecule is CC(C)(C)NCCCc1nnc(C2CCS(=O)(=O)C2)s1. The number of aryl methyl sites for hydroxylation is 1. The minimum Gasteiger partial charge on any atom is -0.312 e. The Morgan fingerprint density at radius 3 is 2.70 bits per heavy atom. The van der Waals surface area contributed by atoms with E-state index in [1.54, 1.807) is 11.3 Å². The number of aromatic nitrogens is 2. The van der Waals surface area contributed by atoms with Gasteiger partial charge in [0, 0.05) is 17.9 Å². The van der Waals surface area contributed by atoms with E-state index in [4.69, 9.17) is 0 Å². The molecule has 1 N–H and O–H groups in total. The molecule has 0 spiro atoms. The first-order chi connectivity index (χ1) is 9.25. The van der Waals surface area contributed by atoms with Gasteiger partial charge >= 0.3 is 0 Å². The lowest BCUT2D eigenvalue weighted by atomic mass is 10.1. The van der Waals surface area contributed by atoms with Crippen LogP contribution in [0.1, 0.15) is 49.5 Å². The van der Waals surface area contributed by atoms with Crippen LogP contribution in [0.3, 0.4) is 0 Å². The molecule has 5 nitrogen and oxygen atoms in total. The van der Waals surface area contributed by atoms with E-state index in [1.807, 2.05) is 0 Å². The van der Waals surface area contributed by atoms with Crippen LogP contribution in [0.4, 0.5) is 0 Å². The van der Waals surface area contributed by atoms with Crippen molar-refractivity contribution in [1.82, 2.24) is 15.5 Å². The van der Waals surface area contributed by atoms with Crippen LogP contribution in [0, 0.1) is 0 Å². The molecule has 0 bridgehead atoms. The standard InChI is InChI=1S/C13H23N3O2S2/c1-13(2,3)14-7-4-5-11-15-16-12(19-11)10-6-8-20(17,18)9-10/h10,14H,4-9H2,1-3H3. The van der Waals surface area contributed by atoms with Crippen molar-refractivity contribution in [1.29, 1.82) is 0 Å². The van der Waals surface area contributed by atoms with Gasteiger partial charge in [0.25, 0.3) is 0 Å². The van der Waals surface area contributed by atoms with Crippen LogP contribution in [0.5, 0.6) is 0 Å². The molecule has 1 unspecified atom stereocenters. The van der Waals surface area contributed by atoms with E-state index < -0.39 is 9.84 Å². The Morgan fingerprint density at radius 2 is 2.10 bits per heavy atom. The van der Waals surface area contributed by atoms with Crippen molar-refractivity contribution in [3.8, 4) is 0 Å². The molecule has 0 saturated carbocycles. The first-order valence-electron chi connectivity index (χ1n) is 7.03. The van der Waals surface area contributed by atoms with Crippen molar-refractivity contribution in [3.63, 3.8) is 0 Å². The van der Waals surface area contributed by atoms with E-state index in [-0.39, 0.29) is 17.2 Å². The maximum atomic E-state index is 11.5. The maximum absolute atomic E-state index is 11.5. The molecule has 20 heavy (non-hydrogen) atoms. The van der Waals surface area contributed by atoms with E-state index in [0.29, 0.717) is 12.2 Å². The third-order valence-electron chi connectivity index (χ3n) is 3.29. The van der Waals surface area contributed by atoms with Crippen LogP contribution < -0.4 is 5.32 Å². The minimum absolute atomic E-state index is 0.0685. The average molecular weight is 317 g/mol. The molecule has 1 aromatic rings. The molecule has 1 aliphatic heterocycles. The lowest BCUT2D eigenvalue weighted by Crippen LogP contribution is -2.36. The molecular weight excluding hydrogens is 294 g/mol. The van der Waals surface area contributed by atoms with E-state index in [9.17, 15) is 8.42 Å². The van der Waals surface area contributed by atoms with Crippen LogP contribution in [-0.4, -0.2) is 42.2 Å². The number of nitrogens with one attached hydrogen (secondary N) is 1. The molecule has 2 rings (SSSR count). The van der Waals surface area contributed by atoms with Crippen molar-refractivity contribution in [2.24, 2.45) is 0 Å². The molecule has 0 radical (unpaired) electrons. The molecule has 7 heteroatoms. The second-order valence-corrected chi connectivity index (χ2v) is 9.74. The molecule has 1 saturated heterocycles. The Hall–Kier alpha value is -0.530. The van der Waals surface area contributed by atoms with E-state index in [2.05, 4.69) is 36.3 Å². The number of hydrogen-bond donors (Lipinski definition) is 1. The Labute approximate surface area is 125 Å². The third kappa shape index (κ3) is 4.79. The molecule has 114 valence electrons.